The van der Waals surface area contributed by atoms with Gasteiger partial charge < -0.3 is 19.5 Å². The molecule has 8 nitrogen and oxygen atoms in total. The number of imide groups is 1. The molecule has 1 N–H and O–H groups in total. The largest absolute Gasteiger partial charge is 0.488 e. The summed E-state index contributed by atoms with van der Waals surface area (Å²) < 4.78 is 31.5. The van der Waals surface area contributed by atoms with Crippen LogP contribution in [0.25, 0.3) is 6.08 Å². The molecule has 38 heavy (non-hydrogen) atoms. The van der Waals surface area contributed by atoms with Gasteiger partial charge in [0, 0.05) is 27.4 Å². The highest BCUT2D eigenvalue weighted by molar-refractivity contribution is 9.10. The summed E-state index contributed by atoms with van der Waals surface area (Å²) >= 11 is 4.12. The fourth-order valence-electron chi connectivity index (χ4n) is 3.78. The molecule has 0 aromatic heterocycles. The standard InChI is InChI=1S/C27H20BrFN2O6S/c28-18-5-7-21(37-15-16-3-1-2-4-20(16)29)17(11-18)12-24-26(33)31(27(34)38-24)14-25(32)30-19-6-8-22-23(13-19)36-10-9-35-22/h1-8,11-13H,9-10,14-15H2,(H,30,32)/b24-12-. The number of ether oxygens (including phenoxy) is 3. The Bertz CT molecular complexity index is 1460. The Balaban J connectivity index is 1.28. The van der Waals surface area contributed by atoms with Gasteiger partial charge in [-0.1, -0.05) is 34.1 Å². The van der Waals surface area contributed by atoms with Crippen molar-refractivity contribution in [1.29, 1.82) is 0 Å². The number of halogens is 2. The molecule has 3 amide bonds. The van der Waals surface area contributed by atoms with Gasteiger partial charge in [-0.3, -0.25) is 19.3 Å². The van der Waals surface area contributed by atoms with E-state index in [2.05, 4.69) is 21.2 Å². The third kappa shape index (κ3) is 5.84. The van der Waals surface area contributed by atoms with E-state index in [-0.39, 0.29) is 17.3 Å². The summed E-state index contributed by atoms with van der Waals surface area (Å²) in [6.45, 7) is 0.383. The molecule has 1 saturated heterocycles. The van der Waals surface area contributed by atoms with Crippen LogP contribution in [0.15, 0.2) is 70.0 Å². The van der Waals surface area contributed by atoms with Crippen LogP contribution in [0.1, 0.15) is 11.1 Å². The fourth-order valence-corrected chi connectivity index (χ4v) is 4.99. The van der Waals surface area contributed by atoms with Crippen LogP contribution >= 0.6 is 27.7 Å². The molecule has 3 aromatic carbocycles. The molecule has 2 aliphatic heterocycles. The Labute approximate surface area is 229 Å². The zero-order valence-corrected chi connectivity index (χ0v) is 22.1. The Hall–Kier alpha value is -3.83. The third-order valence-corrected chi connectivity index (χ3v) is 7.00. The van der Waals surface area contributed by atoms with Crippen molar-refractivity contribution in [2.75, 3.05) is 25.1 Å². The normalized spacial score (nSPS) is 15.6. The van der Waals surface area contributed by atoms with Crippen LogP contribution in [-0.4, -0.2) is 41.7 Å². The van der Waals surface area contributed by atoms with Crippen molar-refractivity contribution in [2.45, 2.75) is 6.61 Å². The van der Waals surface area contributed by atoms with E-state index < -0.39 is 23.6 Å². The molecule has 1 fully saturated rings. The second kappa shape index (κ2) is 11.3. The monoisotopic (exact) mass is 598 g/mol. The summed E-state index contributed by atoms with van der Waals surface area (Å²) in [6.07, 6.45) is 1.52. The number of anilines is 1. The van der Waals surface area contributed by atoms with Crippen LogP contribution < -0.4 is 19.5 Å². The number of carbonyl (C=O) groups excluding carboxylic acids is 3. The minimum Gasteiger partial charge on any atom is -0.488 e. The molecule has 0 aliphatic carbocycles. The molecular weight excluding hydrogens is 579 g/mol. The quantitative estimate of drug-likeness (QED) is 0.353. The molecule has 0 atom stereocenters. The van der Waals surface area contributed by atoms with Crippen molar-refractivity contribution in [3.05, 3.63) is 87.0 Å². The van der Waals surface area contributed by atoms with Crippen molar-refractivity contribution >= 4 is 56.5 Å². The van der Waals surface area contributed by atoms with E-state index in [0.29, 0.717) is 47.3 Å². The van der Waals surface area contributed by atoms with Gasteiger partial charge in [0.2, 0.25) is 5.91 Å². The number of carbonyl (C=O) groups is 3. The van der Waals surface area contributed by atoms with E-state index in [9.17, 15) is 18.8 Å². The van der Waals surface area contributed by atoms with Crippen LogP contribution in [0, 0.1) is 5.82 Å². The topological polar surface area (TPSA) is 94.2 Å². The average molecular weight is 599 g/mol. The maximum Gasteiger partial charge on any atom is 0.294 e. The van der Waals surface area contributed by atoms with E-state index in [1.54, 1.807) is 54.6 Å². The summed E-state index contributed by atoms with van der Waals surface area (Å²) in [5.74, 6) is -0.0410. The molecule has 0 spiro atoms. The lowest BCUT2D eigenvalue weighted by Gasteiger charge is -2.19. The van der Waals surface area contributed by atoms with Gasteiger partial charge in [-0.25, -0.2) is 4.39 Å². The Morgan fingerprint density at radius 1 is 1.08 bits per heavy atom. The first-order valence-corrected chi connectivity index (χ1v) is 13.1. The van der Waals surface area contributed by atoms with E-state index in [1.807, 2.05) is 0 Å². The number of hydrogen-bond acceptors (Lipinski definition) is 7. The number of fused-ring (bicyclic) bond motifs is 1. The van der Waals surface area contributed by atoms with E-state index in [0.717, 1.165) is 21.1 Å². The predicted octanol–water partition coefficient (Wildman–Crippen LogP) is 5.61. The molecule has 0 bridgehead atoms. The molecule has 2 heterocycles. The maximum absolute atomic E-state index is 14.0. The number of hydrogen-bond donors (Lipinski definition) is 1. The van der Waals surface area contributed by atoms with Crippen molar-refractivity contribution in [2.24, 2.45) is 0 Å². The molecule has 194 valence electrons. The van der Waals surface area contributed by atoms with E-state index >= 15 is 0 Å². The van der Waals surface area contributed by atoms with Gasteiger partial charge in [-0.15, -0.1) is 0 Å². The number of rotatable bonds is 7. The first kappa shape index (κ1) is 25.8. The lowest BCUT2D eigenvalue weighted by Crippen LogP contribution is -2.36. The third-order valence-electron chi connectivity index (χ3n) is 5.60. The number of nitrogens with zero attached hydrogens (tertiary/aromatic N) is 1. The van der Waals surface area contributed by atoms with Crippen molar-refractivity contribution in [3.8, 4) is 17.2 Å². The summed E-state index contributed by atoms with van der Waals surface area (Å²) in [6, 6.07) is 16.4. The lowest BCUT2D eigenvalue weighted by atomic mass is 10.1. The van der Waals surface area contributed by atoms with Crippen molar-refractivity contribution in [3.63, 3.8) is 0 Å². The van der Waals surface area contributed by atoms with Crippen LogP contribution in [0.2, 0.25) is 0 Å². The lowest BCUT2D eigenvalue weighted by molar-refractivity contribution is -0.127. The van der Waals surface area contributed by atoms with E-state index in [4.69, 9.17) is 14.2 Å². The summed E-state index contributed by atoms with van der Waals surface area (Å²) in [5, 5.41) is 2.10. The average Bonchev–Trinajstić information content (AvgIpc) is 3.16. The zero-order chi connectivity index (χ0) is 26.6. The van der Waals surface area contributed by atoms with Gasteiger partial charge in [-0.05, 0) is 54.2 Å². The molecule has 2 aliphatic rings. The van der Waals surface area contributed by atoms with Gasteiger partial charge in [0.25, 0.3) is 11.1 Å². The van der Waals surface area contributed by atoms with Crippen molar-refractivity contribution in [1.82, 2.24) is 4.90 Å². The summed E-state index contributed by atoms with van der Waals surface area (Å²) in [7, 11) is 0. The van der Waals surface area contributed by atoms with Crippen LogP contribution in [0.4, 0.5) is 14.9 Å². The highest BCUT2D eigenvalue weighted by atomic mass is 79.9. The SMILES string of the molecule is O=C(CN1C(=O)S/C(=C\c2cc(Br)ccc2OCc2ccccc2F)C1=O)Nc1ccc2c(c1)OCCO2. The first-order valence-electron chi connectivity index (χ1n) is 11.5. The van der Waals surface area contributed by atoms with E-state index in [1.165, 1.54) is 12.1 Å². The minimum absolute atomic E-state index is 0.0172. The molecule has 0 saturated carbocycles. The molecule has 5 rings (SSSR count). The number of amides is 3. The first-order chi connectivity index (χ1) is 18.4. The van der Waals surface area contributed by atoms with Gasteiger partial charge in [-0.2, -0.15) is 0 Å². The summed E-state index contributed by atoms with van der Waals surface area (Å²) in [4.78, 5) is 39.2. The highest BCUT2D eigenvalue weighted by Gasteiger charge is 2.36. The minimum atomic E-state index is -0.600. The van der Waals surface area contributed by atoms with Gasteiger partial charge >= 0.3 is 0 Å². The van der Waals surface area contributed by atoms with Crippen LogP contribution in [-0.2, 0) is 16.2 Å². The second-order valence-electron chi connectivity index (χ2n) is 8.24. The molecule has 11 heteroatoms. The molecular formula is C27H20BrFN2O6S. The predicted molar refractivity (Wildman–Crippen MR) is 144 cm³/mol. The Morgan fingerprint density at radius 2 is 1.87 bits per heavy atom. The molecule has 0 radical (unpaired) electrons. The fraction of sp³-hybridized carbons (Fsp3) is 0.148. The molecule has 0 unspecified atom stereocenters. The molecule has 3 aromatic rings. The Kier molecular flexibility index (Phi) is 7.66. The second-order valence-corrected chi connectivity index (χ2v) is 10.1. The zero-order valence-electron chi connectivity index (χ0n) is 19.7. The van der Waals surface area contributed by atoms with Gasteiger partial charge in [0.05, 0.1) is 4.91 Å². The number of nitrogens with one attached hydrogen (secondary N) is 1. The number of thioether (sulfide) groups is 1. The maximum atomic E-state index is 14.0. The number of benzene rings is 3. The smallest absolute Gasteiger partial charge is 0.294 e. The van der Waals surface area contributed by atoms with Crippen molar-refractivity contribution < 1.29 is 33.0 Å². The highest BCUT2D eigenvalue weighted by Crippen LogP contribution is 2.36. The van der Waals surface area contributed by atoms with Gasteiger partial charge in [0.15, 0.2) is 11.5 Å². The Morgan fingerprint density at radius 3 is 2.68 bits per heavy atom. The van der Waals surface area contributed by atoms with Crippen LogP contribution in [0.3, 0.4) is 0 Å². The van der Waals surface area contributed by atoms with Gasteiger partial charge in [0.1, 0.15) is 37.9 Å². The summed E-state index contributed by atoms with van der Waals surface area (Å²) in [5.41, 5.74) is 1.35. The van der Waals surface area contributed by atoms with Crippen LogP contribution in [0.5, 0.6) is 17.2 Å².